The standard InChI is InChI=1S/C10H12N4/c1-14(2)7-13-10-4-3-9(12)5-8(10)6-11/h3-5,7H,12H2,1-2H3/b13-7+. The first-order valence-electron chi connectivity index (χ1n) is 4.13. The van der Waals surface area contributed by atoms with Crippen LogP contribution in [0.3, 0.4) is 0 Å². The molecule has 72 valence electrons. The van der Waals surface area contributed by atoms with Crippen LogP contribution in [0.15, 0.2) is 23.2 Å². The third-order valence-corrected chi connectivity index (χ3v) is 1.57. The van der Waals surface area contributed by atoms with Crippen LogP contribution >= 0.6 is 0 Å². The summed E-state index contributed by atoms with van der Waals surface area (Å²) in [5.74, 6) is 0. The minimum atomic E-state index is 0.489. The number of rotatable bonds is 2. The molecule has 0 fully saturated rings. The monoisotopic (exact) mass is 188 g/mol. The third kappa shape index (κ3) is 2.49. The Kier molecular flexibility index (Phi) is 3.08. The van der Waals surface area contributed by atoms with Gasteiger partial charge in [0.1, 0.15) is 6.07 Å². The van der Waals surface area contributed by atoms with Crippen LogP contribution in [0.4, 0.5) is 11.4 Å². The number of nitriles is 1. The number of nitrogens with two attached hydrogens (primary N) is 1. The normalized spacial score (nSPS) is 10.1. The van der Waals surface area contributed by atoms with Gasteiger partial charge in [0.25, 0.3) is 0 Å². The molecule has 0 amide bonds. The van der Waals surface area contributed by atoms with Gasteiger partial charge in [-0.1, -0.05) is 0 Å². The maximum atomic E-state index is 8.82. The quantitative estimate of drug-likeness (QED) is 0.433. The Morgan fingerprint density at radius 1 is 1.50 bits per heavy atom. The maximum absolute atomic E-state index is 8.82. The number of hydrogen-bond donors (Lipinski definition) is 1. The predicted molar refractivity (Wildman–Crippen MR) is 57.4 cm³/mol. The zero-order valence-electron chi connectivity index (χ0n) is 8.23. The van der Waals surface area contributed by atoms with Crippen molar-refractivity contribution in [2.45, 2.75) is 0 Å². The Morgan fingerprint density at radius 3 is 2.79 bits per heavy atom. The van der Waals surface area contributed by atoms with E-state index in [-0.39, 0.29) is 0 Å². The number of hydrogen-bond acceptors (Lipinski definition) is 3. The maximum Gasteiger partial charge on any atom is 0.101 e. The summed E-state index contributed by atoms with van der Waals surface area (Å²) in [6, 6.07) is 7.12. The number of nitrogens with zero attached hydrogens (tertiary/aromatic N) is 3. The number of nitrogen functional groups attached to an aromatic ring is 1. The van der Waals surface area contributed by atoms with Crippen molar-refractivity contribution in [2.24, 2.45) is 4.99 Å². The number of benzene rings is 1. The molecule has 0 saturated heterocycles. The lowest BCUT2D eigenvalue weighted by Gasteiger charge is -2.03. The van der Waals surface area contributed by atoms with Gasteiger partial charge in [-0.2, -0.15) is 5.26 Å². The third-order valence-electron chi connectivity index (χ3n) is 1.57. The van der Waals surface area contributed by atoms with Gasteiger partial charge in [0.05, 0.1) is 17.6 Å². The van der Waals surface area contributed by atoms with Gasteiger partial charge in [0.15, 0.2) is 0 Å². The summed E-state index contributed by atoms with van der Waals surface area (Å²) in [4.78, 5) is 5.94. The molecule has 0 unspecified atom stereocenters. The molecule has 4 nitrogen and oxygen atoms in total. The number of aliphatic imine (C=N–C) groups is 1. The van der Waals surface area contributed by atoms with Gasteiger partial charge in [0.2, 0.25) is 0 Å². The Labute approximate surface area is 83.3 Å². The lowest BCUT2D eigenvalue weighted by atomic mass is 10.2. The van der Waals surface area contributed by atoms with E-state index in [2.05, 4.69) is 4.99 Å². The Morgan fingerprint density at radius 2 is 2.21 bits per heavy atom. The van der Waals surface area contributed by atoms with Crippen molar-refractivity contribution in [2.75, 3.05) is 19.8 Å². The summed E-state index contributed by atoms with van der Waals surface area (Å²) < 4.78 is 0. The minimum Gasteiger partial charge on any atom is -0.399 e. The molecule has 1 rings (SSSR count). The summed E-state index contributed by atoms with van der Waals surface area (Å²) >= 11 is 0. The average Bonchev–Trinajstić information content (AvgIpc) is 2.15. The van der Waals surface area contributed by atoms with E-state index in [9.17, 15) is 0 Å². The molecule has 0 radical (unpaired) electrons. The van der Waals surface area contributed by atoms with Crippen LogP contribution < -0.4 is 5.73 Å². The molecule has 1 aromatic rings. The molecule has 0 aliphatic rings. The Balaban J connectivity index is 3.04. The van der Waals surface area contributed by atoms with Crippen LogP contribution in [0.5, 0.6) is 0 Å². The van der Waals surface area contributed by atoms with E-state index in [1.807, 2.05) is 20.2 Å². The van der Waals surface area contributed by atoms with Crippen molar-refractivity contribution in [3.05, 3.63) is 23.8 Å². The molecular formula is C10H12N4. The van der Waals surface area contributed by atoms with Crippen LogP contribution in [0, 0.1) is 11.3 Å². The summed E-state index contributed by atoms with van der Waals surface area (Å²) in [6.07, 6.45) is 1.65. The molecule has 0 spiro atoms. The van der Waals surface area contributed by atoms with E-state index in [0.717, 1.165) is 0 Å². The van der Waals surface area contributed by atoms with Crippen LogP contribution in [0.25, 0.3) is 0 Å². The largest absolute Gasteiger partial charge is 0.399 e. The molecule has 0 heterocycles. The van der Waals surface area contributed by atoms with Crippen LogP contribution in [0.1, 0.15) is 5.56 Å². The highest BCUT2D eigenvalue weighted by molar-refractivity contribution is 5.67. The van der Waals surface area contributed by atoms with E-state index < -0.39 is 0 Å². The van der Waals surface area contributed by atoms with E-state index >= 15 is 0 Å². The molecular weight excluding hydrogens is 176 g/mol. The minimum absolute atomic E-state index is 0.489. The average molecular weight is 188 g/mol. The Bertz CT molecular complexity index is 388. The smallest absolute Gasteiger partial charge is 0.101 e. The zero-order chi connectivity index (χ0) is 10.6. The fourth-order valence-corrected chi connectivity index (χ4v) is 0.933. The SMILES string of the molecule is CN(C)/C=N/c1ccc(N)cc1C#N. The molecule has 0 aliphatic heterocycles. The number of anilines is 1. The highest BCUT2D eigenvalue weighted by atomic mass is 15.1. The van der Waals surface area contributed by atoms with Crippen molar-refractivity contribution in [1.29, 1.82) is 5.26 Å². The van der Waals surface area contributed by atoms with Gasteiger partial charge in [-0.05, 0) is 18.2 Å². The zero-order valence-corrected chi connectivity index (χ0v) is 8.23. The first-order valence-corrected chi connectivity index (χ1v) is 4.13. The molecule has 0 aromatic heterocycles. The second kappa shape index (κ2) is 4.28. The first kappa shape index (κ1) is 10.1. The van der Waals surface area contributed by atoms with Gasteiger partial charge >= 0.3 is 0 Å². The molecule has 4 heteroatoms. The lowest BCUT2D eigenvalue weighted by molar-refractivity contribution is 0.643. The van der Waals surface area contributed by atoms with Gasteiger partial charge in [-0.3, -0.25) is 0 Å². The fourth-order valence-electron chi connectivity index (χ4n) is 0.933. The fraction of sp³-hybridized carbons (Fsp3) is 0.200. The molecule has 0 saturated carbocycles. The van der Waals surface area contributed by atoms with E-state index in [1.165, 1.54) is 0 Å². The molecule has 0 aliphatic carbocycles. The molecule has 1 aromatic carbocycles. The van der Waals surface area contributed by atoms with Crippen molar-refractivity contribution >= 4 is 17.7 Å². The summed E-state index contributed by atoms with van der Waals surface area (Å²) in [5.41, 5.74) is 7.24. The summed E-state index contributed by atoms with van der Waals surface area (Å²) in [7, 11) is 3.74. The predicted octanol–water partition coefficient (Wildman–Crippen LogP) is 1.36. The highest BCUT2D eigenvalue weighted by Crippen LogP contribution is 2.20. The van der Waals surface area contributed by atoms with E-state index in [4.69, 9.17) is 11.0 Å². The van der Waals surface area contributed by atoms with Crippen molar-refractivity contribution in [3.8, 4) is 6.07 Å². The second-order valence-electron chi connectivity index (χ2n) is 3.10. The van der Waals surface area contributed by atoms with Crippen LogP contribution in [0.2, 0.25) is 0 Å². The second-order valence-corrected chi connectivity index (χ2v) is 3.10. The summed E-state index contributed by atoms with van der Waals surface area (Å²) in [5, 5.41) is 8.82. The molecule has 0 bridgehead atoms. The molecule has 14 heavy (non-hydrogen) atoms. The highest BCUT2D eigenvalue weighted by Gasteiger charge is 1.99. The topological polar surface area (TPSA) is 65.4 Å². The summed E-state index contributed by atoms with van der Waals surface area (Å²) in [6.45, 7) is 0. The van der Waals surface area contributed by atoms with Gasteiger partial charge in [-0.15, -0.1) is 0 Å². The van der Waals surface area contributed by atoms with E-state index in [0.29, 0.717) is 16.9 Å². The molecule has 2 N–H and O–H groups in total. The van der Waals surface area contributed by atoms with Gasteiger partial charge in [-0.25, -0.2) is 4.99 Å². The molecule has 0 atom stereocenters. The Hall–Kier alpha value is -2.02. The van der Waals surface area contributed by atoms with Crippen molar-refractivity contribution in [3.63, 3.8) is 0 Å². The van der Waals surface area contributed by atoms with E-state index in [1.54, 1.807) is 29.4 Å². The lowest BCUT2D eigenvalue weighted by Crippen LogP contribution is -2.07. The van der Waals surface area contributed by atoms with Gasteiger partial charge < -0.3 is 10.6 Å². The van der Waals surface area contributed by atoms with Crippen molar-refractivity contribution < 1.29 is 0 Å². The van der Waals surface area contributed by atoms with Gasteiger partial charge in [0, 0.05) is 19.8 Å². The van der Waals surface area contributed by atoms with Crippen LogP contribution in [-0.4, -0.2) is 25.3 Å². The first-order chi connectivity index (χ1) is 6.63. The van der Waals surface area contributed by atoms with Crippen LogP contribution in [-0.2, 0) is 0 Å². The van der Waals surface area contributed by atoms with Crippen molar-refractivity contribution in [1.82, 2.24) is 4.90 Å².